The van der Waals surface area contributed by atoms with Gasteiger partial charge in [-0.05, 0) is 51.9 Å². The summed E-state index contributed by atoms with van der Waals surface area (Å²) < 4.78 is 38.9. The number of alkyl halides is 3. The molecule has 0 saturated heterocycles. The van der Waals surface area contributed by atoms with Gasteiger partial charge < -0.3 is 0 Å². The maximum absolute atomic E-state index is 12.6. The maximum Gasteiger partial charge on any atom is 0.416 e. The maximum atomic E-state index is 12.6. The smallest absolute Gasteiger partial charge is 0.299 e. The van der Waals surface area contributed by atoms with Crippen LogP contribution in [0.3, 0.4) is 0 Å². The molecule has 0 spiro atoms. The summed E-state index contributed by atoms with van der Waals surface area (Å²) in [6.45, 7) is 0. The van der Waals surface area contributed by atoms with Crippen LogP contribution in [-0.4, -0.2) is 5.78 Å². The van der Waals surface area contributed by atoms with E-state index in [-0.39, 0.29) is 18.6 Å². The lowest BCUT2D eigenvalue weighted by molar-refractivity contribution is -0.137. The molecule has 0 N–H and O–H groups in total. The third-order valence-corrected chi connectivity index (χ3v) is 3.69. The van der Waals surface area contributed by atoms with Crippen molar-refractivity contribution in [2.45, 2.75) is 19.0 Å². The zero-order valence-corrected chi connectivity index (χ0v) is 13.1. The fourth-order valence-electron chi connectivity index (χ4n) is 1.98. The molecule has 0 amide bonds. The molecule has 0 heterocycles. The van der Waals surface area contributed by atoms with Crippen molar-refractivity contribution in [3.63, 3.8) is 0 Å². The number of Topliss-reactive ketones (excluding diaryl/α,β-unsaturated/α-hetero) is 1. The van der Waals surface area contributed by atoms with Gasteiger partial charge in [0.05, 0.1) is 5.56 Å². The van der Waals surface area contributed by atoms with Crippen LogP contribution in [0.2, 0.25) is 0 Å². The van der Waals surface area contributed by atoms with Crippen LogP contribution < -0.4 is 0 Å². The van der Waals surface area contributed by atoms with Crippen molar-refractivity contribution < 1.29 is 18.0 Å². The molecule has 0 aliphatic rings. The SMILES string of the molecule is O=C(Cc1ccc(I)cc1)Cc1cccc(C(F)(F)F)c1. The third kappa shape index (κ3) is 4.84. The summed E-state index contributed by atoms with van der Waals surface area (Å²) in [6, 6.07) is 12.4. The van der Waals surface area contributed by atoms with E-state index in [4.69, 9.17) is 0 Å². The molecule has 0 atom stereocenters. The normalized spacial score (nSPS) is 11.4. The molecule has 2 aromatic rings. The second-order valence-electron chi connectivity index (χ2n) is 4.72. The zero-order chi connectivity index (χ0) is 15.5. The highest BCUT2D eigenvalue weighted by molar-refractivity contribution is 14.1. The van der Waals surface area contributed by atoms with E-state index in [0.29, 0.717) is 5.56 Å². The number of benzene rings is 2. The quantitative estimate of drug-likeness (QED) is 0.678. The molecule has 0 bridgehead atoms. The molecule has 21 heavy (non-hydrogen) atoms. The zero-order valence-electron chi connectivity index (χ0n) is 11.0. The van der Waals surface area contributed by atoms with Gasteiger partial charge in [-0.25, -0.2) is 0 Å². The Bertz CT molecular complexity index is 633. The lowest BCUT2D eigenvalue weighted by atomic mass is 10.0. The Kier molecular flexibility index (Phi) is 5.03. The average Bonchev–Trinajstić information content (AvgIpc) is 2.41. The van der Waals surface area contributed by atoms with E-state index in [2.05, 4.69) is 22.6 Å². The summed E-state index contributed by atoms with van der Waals surface area (Å²) in [6.07, 6.45) is -4.14. The van der Waals surface area contributed by atoms with Gasteiger partial charge in [-0.15, -0.1) is 0 Å². The first-order valence-corrected chi connectivity index (χ1v) is 7.35. The van der Waals surface area contributed by atoms with Crippen LogP contribution in [-0.2, 0) is 23.8 Å². The highest BCUT2D eigenvalue weighted by atomic mass is 127. The summed E-state index contributed by atoms with van der Waals surface area (Å²) in [7, 11) is 0. The Labute approximate surface area is 134 Å². The van der Waals surface area contributed by atoms with E-state index < -0.39 is 11.7 Å². The van der Waals surface area contributed by atoms with Crippen LogP contribution in [0, 0.1) is 3.57 Å². The molecular weight excluding hydrogens is 392 g/mol. The Morgan fingerprint density at radius 3 is 2.19 bits per heavy atom. The summed E-state index contributed by atoms with van der Waals surface area (Å²) in [5, 5.41) is 0. The Morgan fingerprint density at radius 2 is 1.57 bits per heavy atom. The molecule has 2 rings (SSSR count). The van der Waals surface area contributed by atoms with Crippen molar-refractivity contribution in [3.8, 4) is 0 Å². The number of ketones is 1. The van der Waals surface area contributed by atoms with E-state index in [9.17, 15) is 18.0 Å². The largest absolute Gasteiger partial charge is 0.416 e. The number of carbonyl (C=O) groups excluding carboxylic acids is 1. The summed E-state index contributed by atoms with van der Waals surface area (Å²) in [5.74, 6) is -0.101. The van der Waals surface area contributed by atoms with Crippen LogP contribution in [0.4, 0.5) is 13.2 Å². The molecule has 0 saturated carbocycles. The molecule has 1 nitrogen and oxygen atoms in total. The second kappa shape index (κ2) is 6.60. The van der Waals surface area contributed by atoms with Crippen molar-refractivity contribution in [1.29, 1.82) is 0 Å². The van der Waals surface area contributed by atoms with E-state index in [1.807, 2.05) is 24.3 Å². The third-order valence-electron chi connectivity index (χ3n) is 2.97. The van der Waals surface area contributed by atoms with Gasteiger partial charge in [-0.1, -0.05) is 30.3 Å². The van der Waals surface area contributed by atoms with E-state index in [1.54, 1.807) is 6.07 Å². The van der Waals surface area contributed by atoms with Crippen molar-refractivity contribution in [2.24, 2.45) is 0 Å². The van der Waals surface area contributed by atoms with E-state index in [0.717, 1.165) is 21.3 Å². The number of rotatable bonds is 4. The fourth-order valence-corrected chi connectivity index (χ4v) is 2.34. The highest BCUT2D eigenvalue weighted by Gasteiger charge is 2.30. The van der Waals surface area contributed by atoms with Crippen LogP contribution >= 0.6 is 22.6 Å². The molecule has 0 fully saturated rings. The Hall–Kier alpha value is -1.37. The van der Waals surface area contributed by atoms with Crippen molar-refractivity contribution in [2.75, 3.05) is 0 Å². The lowest BCUT2D eigenvalue weighted by Crippen LogP contribution is -2.09. The molecule has 0 radical (unpaired) electrons. The Balaban J connectivity index is 2.04. The standard InChI is InChI=1S/C16H12F3IO/c17-16(18,19)13-3-1-2-12(8-13)10-15(21)9-11-4-6-14(20)7-5-11/h1-8H,9-10H2. The molecule has 2 aromatic carbocycles. The molecule has 0 aliphatic heterocycles. The van der Waals surface area contributed by atoms with Crippen LogP contribution in [0.1, 0.15) is 16.7 Å². The first-order chi connectivity index (χ1) is 9.84. The predicted octanol–water partition coefficient (Wildman–Crippen LogP) is 4.66. The summed E-state index contributed by atoms with van der Waals surface area (Å²) >= 11 is 2.17. The molecule has 110 valence electrons. The summed E-state index contributed by atoms with van der Waals surface area (Å²) in [4.78, 5) is 11.9. The van der Waals surface area contributed by atoms with E-state index in [1.165, 1.54) is 6.07 Å². The second-order valence-corrected chi connectivity index (χ2v) is 5.96. The number of hydrogen-bond acceptors (Lipinski definition) is 1. The molecule has 0 aliphatic carbocycles. The molecule has 0 aromatic heterocycles. The summed E-state index contributed by atoms with van der Waals surface area (Å²) in [5.41, 5.74) is 0.537. The fraction of sp³-hybridized carbons (Fsp3) is 0.188. The number of halogens is 4. The van der Waals surface area contributed by atoms with Crippen molar-refractivity contribution >= 4 is 28.4 Å². The monoisotopic (exact) mass is 404 g/mol. The van der Waals surface area contributed by atoms with Gasteiger partial charge in [0.1, 0.15) is 5.78 Å². The van der Waals surface area contributed by atoms with Gasteiger partial charge in [0.2, 0.25) is 0 Å². The van der Waals surface area contributed by atoms with Crippen LogP contribution in [0.15, 0.2) is 48.5 Å². The van der Waals surface area contributed by atoms with Crippen LogP contribution in [0.5, 0.6) is 0 Å². The predicted molar refractivity (Wildman–Crippen MR) is 83.0 cm³/mol. The van der Waals surface area contributed by atoms with Gasteiger partial charge in [-0.3, -0.25) is 4.79 Å². The topological polar surface area (TPSA) is 17.1 Å². The first-order valence-electron chi connectivity index (χ1n) is 6.27. The minimum absolute atomic E-state index is 0.00983. The van der Waals surface area contributed by atoms with Gasteiger partial charge in [0.25, 0.3) is 0 Å². The van der Waals surface area contributed by atoms with Crippen LogP contribution in [0.25, 0.3) is 0 Å². The average molecular weight is 404 g/mol. The first kappa shape index (κ1) is 16.0. The van der Waals surface area contributed by atoms with E-state index >= 15 is 0 Å². The minimum atomic E-state index is -4.38. The van der Waals surface area contributed by atoms with Crippen molar-refractivity contribution in [1.82, 2.24) is 0 Å². The van der Waals surface area contributed by atoms with Gasteiger partial charge in [0, 0.05) is 16.4 Å². The van der Waals surface area contributed by atoms with Gasteiger partial charge >= 0.3 is 6.18 Å². The van der Waals surface area contributed by atoms with Gasteiger partial charge in [0.15, 0.2) is 0 Å². The molecular formula is C16H12F3IO. The highest BCUT2D eigenvalue weighted by Crippen LogP contribution is 2.29. The lowest BCUT2D eigenvalue weighted by Gasteiger charge is -2.08. The Morgan fingerprint density at radius 1 is 0.952 bits per heavy atom. The van der Waals surface area contributed by atoms with Gasteiger partial charge in [-0.2, -0.15) is 13.2 Å². The molecule has 0 unspecified atom stereocenters. The minimum Gasteiger partial charge on any atom is -0.299 e. The number of hydrogen-bond donors (Lipinski definition) is 0. The molecule has 5 heteroatoms. The number of carbonyl (C=O) groups is 1. The van der Waals surface area contributed by atoms with Crippen molar-refractivity contribution in [3.05, 3.63) is 68.8 Å².